The fraction of sp³-hybridized carbons (Fsp3) is 1.00. The maximum atomic E-state index is 5.36. The maximum Gasteiger partial charge on any atom is 0.0594 e. The number of morpholine rings is 1. The zero-order chi connectivity index (χ0) is 9.80. The molecule has 0 spiro atoms. The van der Waals surface area contributed by atoms with Crippen LogP contribution in [0.3, 0.4) is 0 Å². The molecule has 0 N–H and O–H groups in total. The van der Waals surface area contributed by atoms with Crippen molar-refractivity contribution in [2.24, 2.45) is 11.8 Å². The molecule has 1 aliphatic heterocycles. The Kier molecular flexibility index (Phi) is 3.82. The van der Waals surface area contributed by atoms with Crippen molar-refractivity contribution < 1.29 is 4.74 Å². The Balaban J connectivity index is 1.69. The lowest BCUT2D eigenvalue weighted by Gasteiger charge is -2.29. The molecule has 0 bridgehead atoms. The van der Waals surface area contributed by atoms with Crippen LogP contribution in [0.5, 0.6) is 0 Å². The van der Waals surface area contributed by atoms with Gasteiger partial charge in [0, 0.05) is 19.6 Å². The third-order valence-corrected chi connectivity index (χ3v) is 3.85. The predicted molar refractivity (Wildman–Crippen MR) is 58.4 cm³/mol. The molecular formula is C12H23NO. The van der Waals surface area contributed by atoms with E-state index in [1.165, 1.54) is 32.2 Å². The summed E-state index contributed by atoms with van der Waals surface area (Å²) in [4.78, 5) is 2.59. The van der Waals surface area contributed by atoms with E-state index in [-0.39, 0.29) is 0 Å². The van der Waals surface area contributed by atoms with E-state index in [0.717, 1.165) is 38.1 Å². The first-order valence-electron chi connectivity index (χ1n) is 6.18. The molecule has 1 aliphatic carbocycles. The normalized spacial score (nSPS) is 34.9. The minimum Gasteiger partial charge on any atom is -0.379 e. The summed E-state index contributed by atoms with van der Waals surface area (Å²) in [5.74, 6) is 2.01. The van der Waals surface area contributed by atoms with Crippen molar-refractivity contribution >= 4 is 0 Å². The quantitative estimate of drug-likeness (QED) is 0.687. The molecule has 2 rings (SSSR count). The van der Waals surface area contributed by atoms with Crippen LogP contribution in [-0.2, 0) is 4.74 Å². The van der Waals surface area contributed by atoms with Crippen molar-refractivity contribution in [1.82, 2.24) is 4.90 Å². The van der Waals surface area contributed by atoms with E-state index in [1.807, 2.05) is 0 Å². The number of hydrogen-bond donors (Lipinski definition) is 0. The van der Waals surface area contributed by atoms with Crippen LogP contribution in [0.1, 0.15) is 32.6 Å². The van der Waals surface area contributed by atoms with Crippen molar-refractivity contribution in [3.05, 3.63) is 0 Å². The molecule has 0 aromatic rings. The molecule has 14 heavy (non-hydrogen) atoms. The Labute approximate surface area is 87.6 Å². The fourth-order valence-electron chi connectivity index (χ4n) is 2.86. The predicted octanol–water partition coefficient (Wildman–Crippen LogP) is 2.14. The molecule has 2 atom stereocenters. The van der Waals surface area contributed by atoms with E-state index < -0.39 is 0 Å². The van der Waals surface area contributed by atoms with Crippen LogP contribution < -0.4 is 0 Å². The van der Waals surface area contributed by atoms with Crippen molar-refractivity contribution in [1.29, 1.82) is 0 Å². The second-order valence-electron chi connectivity index (χ2n) is 4.87. The maximum absolute atomic E-state index is 5.36. The van der Waals surface area contributed by atoms with E-state index >= 15 is 0 Å². The summed E-state index contributed by atoms with van der Waals surface area (Å²) >= 11 is 0. The van der Waals surface area contributed by atoms with Crippen LogP contribution in [0.15, 0.2) is 0 Å². The lowest BCUT2D eigenvalue weighted by atomic mass is 10.0. The average Bonchev–Trinajstić information content (AvgIpc) is 2.67. The number of rotatable bonds is 3. The van der Waals surface area contributed by atoms with Gasteiger partial charge in [0.15, 0.2) is 0 Å². The summed E-state index contributed by atoms with van der Waals surface area (Å²) in [6.07, 6.45) is 5.81. The third-order valence-electron chi connectivity index (χ3n) is 3.85. The summed E-state index contributed by atoms with van der Waals surface area (Å²) in [6, 6.07) is 0. The Bertz CT molecular complexity index is 166. The molecule has 1 saturated carbocycles. The molecule has 2 unspecified atom stereocenters. The van der Waals surface area contributed by atoms with Gasteiger partial charge in [-0.15, -0.1) is 0 Å². The lowest BCUT2D eigenvalue weighted by Crippen LogP contribution is -2.38. The number of nitrogens with zero attached hydrogens (tertiary/aromatic N) is 1. The summed E-state index contributed by atoms with van der Waals surface area (Å²) in [6.45, 7) is 7.88. The number of ether oxygens (including phenoxy) is 1. The minimum atomic E-state index is 0.948. The van der Waals surface area contributed by atoms with Crippen LogP contribution in [0.2, 0.25) is 0 Å². The molecule has 2 heteroatoms. The average molecular weight is 197 g/mol. The first-order valence-corrected chi connectivity index (χ1v) is 6.18. The van der Waals surface area contributed by atoms with Crippen LogP contribution in [-0.4, -0.2) is 37.7 Å². The highest BCUT2D eigenvalue weighted by Gasteiger charge is 2.25. The molecule has 0 amide bonds. The van der Waals surface area contributed by atoms with E-state index in [9.17, 15) is 0 Å². The molecular weight excluding hydrogens is 174 g/mol. The van der Waals surface area contributed by atoms with E-state index in [0.29, 0.717) is 0 Å². The van der Waals surface area contributed by atoms with Gasteiger partial charge in [-0.05, 0) is 24.7 Å². The van der Waals surface area contributed by atoms with Crippen LogP contribution >= 0.6 is 0 Å². The molecule has 0 aromatic heterocycles. The van der Waals surface area contributed by atoms with Crippen LogP contribution in [0, 0.1) is 11.8 Å². The minimum absolute atomic E-state index is 0.948. The van der Waals surface area contributed by atoms with E-state index in [2.05, 4.69) is 11.8 Å². The van der Waals surface area contributed by atoms with Crippen molar-refractivity contribution in [3.8, 4) is 0 Å². The molecule has 0 radical (unpaired) electrons. The smallest absolute Gasteiger partial charge is 0.0594 e. The molecule has 0 aromatic carbocycles. The van der Waals surface area contributed by atoms with Crippen molar-refractivity contribution in [3.63, 3.8) is 0 Å². The Hall–Kier alpha value is -0.0800. The Morgan fingerprint density at radius 1 is 1.14 bits per heavy atom. The zero-order valence-corrected chi connectivity index (χ0v) is 9.37. The summed E-state index contributed by atoms with van der Waals surface area (Å²) in [5.41, 5.74) is 0. The second-order valence-corrected chi connectivity index (χ2v) is 4.87. The molecule has 2 fully saturated rings. The first kappa shape index (κ1) is 10.4. The Morgan fingerprint density at radius 3 is 2.50 bits per heavy atom. The van der Waals surface area contributed by atoms with Gasteiger partial charge in [0.2, 0.25) is 0 Å². The highest BCUT2D eigenvalue weighted by Crippen LogP contribution is 2.33. The van der Waals surface area contributed by atoms with E-state index in [4.69, 9.17) is 4.74 Å². The number of hydrogen-bond acceptors (Lipinski definition) is 2. The zero-order valence-electron chi connectivity index (χ0n) is 9.37. The van der Waals surface area contributed by atoms with Crippen molar-refractivity contribution in [2.75, 3.05) is 32.8 Å². The molecule has 2 aliphatic rings. The van der Waals surface area contributed by atoms with Gasteiger partial charge in [0.05, 0.1) is 13.2 Å². The highest BCUT2D eigenvalue weighted by molar-refractivity contribution is 4.78. The van der Waals surface area contributed by atoms with Gasteiger partial charge in [0.1, 0.15) is 0 Å². The third kappa shape index (κ3) is 2.71. The van der Waals surface area contributed by atoms with Gasteiger partial charge >= 0.3 is 0 Å². The van der Waals surface area contributed by atoms with Gasteiger partial charge < -0.3 is 4.74 Å². The summed E-state index contributed by atoms with van der Waals surface area (Å²) in [7, 11) is 0. The summed E-state index contributed by atoms with van der Waals surface area (Å²) in [5, 5.41) is 0. The lowest BCUT2D eigenvalue weighted by molar-refractivity contribution is 0.0308. The molecule has 1 heterocycles. The fourth-order valence-corrected chi connectivity index (χ4v) is 2.86. The van der Waals surface area contributed by atoms with E-state index in [1.54, 1.807) is 0 Å². The van der Waals surface area contributed by atoms with Crippen LogP contribution in [0.4, 0.5) is 0 Å². The van der Waals surface area contributed by atoms with Crippen LogP contribution in [0.25, 0.3) is 0 Å². The standard InChI is InChI=1S/C12H23NO/c1-2-11-3-4-12(9-11)10-13-5-7-14-8-6-13/h11-12H,2-10H2,1H3. The van der Waals surface area contributed by atoms with Gasteiger partial charge in [-0.1, -0.05) is 19.8 Å². The van der Waals surface area contributed by atoms with Gasteiger partial charge in [-0.2, -0.15) is 0 Å². The van der Waals surface area contributed by atoms with Crippen molar-refractivity contribution in [2.45, 2.75) is 32.6 Å². The Morgan fingerprint density at radius 2 is 1.86 bits per heavy atom. The van der Waals surface area contributed by atoms with Gasteiger partial charge in [-0.3, -0.25) is 4.90 Å². The molecule has 82 valence electrons. The highest BCUT2D eigenvalue weighted by atomic mass is 16.5. The van der Waals surface area contributed by atoms with Gasteiger partial charge in [-0.25, -0.2) is 0 Å². The monoisotopic (exact) mass is 197 g/mol. The first-order chi connectivity index (χ1) is 6.88. The van der Waals surface area contributed by atoms with Gasteiger partial charge in [0.25, 0.3) is 0 Å². The molecule has 2 nitrogen and oxygen atoms in total. The largest absolute Gasteiger partial charge is 0.379 e. The topological polar surface area (TPSA) is 12.5 Å². The second kappa shape index (κ2) is 5.13. The SMILES string of the molecule is CCC1CCC(CN2CCOCC2)C1. The summed E-state index contributed by atoms with van der Waals surface area (Å²) < 4.78 is 5.36. The molecule has 1 saturated heterocycles.